The number of furan rings is 1. The lowest BCUT2D eigenvalue weighted by Crippen LogP contribution is -2.27. The Labute approximate surface area is 127 Å². The summed E-state index contributed by atoms with van der Waals surface area (Å²) in [6.45, 7) is 1.25. The zero-order valence-corrected chi connectivity index (χ0v) is 12.7. The van der Waals surface area contributed by atoms with Crippen LogP contribution in [0.1, 0.15) is 15.4 Å². The largest absolute Gasteiger partial charge is 0.453 e. The third-order valence-corrected chi connectivity index (χ3v) is 4.37. The SMILES string of the molecule is CN(CCc1cccs1)CC(=O)c1cc2ccccc2o1. The zero-order valence-electron chi connectivity index (χ0n) is 11.9. The van der Waals surface area contributed by atoms with Crippen molar-refractivity contribution >= 4 is 28.1 Å². The molecule has 21 heavy (non-hydrogen) atoms. The van der Waals surface area contributed by atoms with Crippen LogP contribution >= 0.6 is 11.3 Å². The summed E-state index contributed by atoms with van der Waals surface area (Å²) in [6, 6.07) is 13.7. The van der Waals surface area contributed by atoms with E-state index in [2.05, 4.69) is 17.5 Å². The van der Waals surface area contributed by atoms with Crippen LogP contribution in [0.3, 0.4) is 0 Å². The van der Waals surface area contributed by atoms with Gasteiger partial charge in [0.25, 0.3) is 0 Å². The smallest absolute Gasteiger partial charge is 0.211 e. The van der Waals surface area contributed by atoms with E-state index < -0.39 is 0 Å². The van der Waals surface area contributed by atoms with Crippen LogP contribution in [0.4, 0.5) is 0 Å². The van der Waals surface area contributed by atoms with Gasteiger partial charge in [0.2, 0.25) is 5.78 Å². The second kappa shape index (κ2) is 6.24. The average Bonchev–Trinajstić information content (AvgIpc) is 3.14. The fourth-order valence-corrected chi connectivity index (χ4v) is 2.98. The number of para-hydroxylation sites is 1. The van der Waals surface area contributed by atoms with E-state index in [9.17, 15) is 4.79 Å². The molecule has 3 rings (SSSR count). The third kappa shape index (κ3) is 3.40. The van der Waals surface area contributed by atoms with Gasteiger partial charge in [0.05, 0.1) is 6.54 Å². The number of hydrogen-bond donors (Lipinski definition) is 0. The molecule has 0 aliphatic carbocycles. The van der Waals surface area contributed by atoms with Crippen molar-refractivity contribution in [1.29, 1.82) is 0 Å². The number of hydrogen-bond acceptors (Lipinski definition) is 4. The average molecular weight is 299 g/mol. The van der Waals surface area contributed by atoms with Crippen LogP contribution in [-0.2, 0) is 6.42 Å². The number of rotatable bonds is 6. The van der Waals surface area contributed by atoms with E-state index in [1.807, 2.05) is 42.3 Å². The van der Waals surface area contributed by atoms with E-state index in [1.165, 1.54) is 4.88 Å². The number of ketones is 1. The molecule has 3 aromatic rings. The monoisotopic (exact) mass is 299 g/mol. The molecule has 0 spiro atoms. The summed E-state index contributed by atoms with van der Waals surface area (Å²) < 4.78 is 5.61. The maximum atomic E-state index is 12.3. The van der Waals surface area contributed by atoms with Crippen molar-refractivity contribution in [3.05, 3.63) is 58.5 Å². The summed E-state index contributed by atoms with van der Waals surface area (Å²) in [5.41, 5.74) is 0.766. The van der Waals surface area contributed by atoms with Gasteiger partial charge < -0.3 is 4.42 Å². The molecule has 3 nitrogen and oxygen atoms in total. The molecule has 1 aromatic carbocycles. The number of thiophene rings is 1. The van der Waals surface area contributed by atoms with Crippen molar-refractivity contribution < 1.29 is 9.21 Å². The second-order valence-electron chi connectivity index (χ2n) is 5.14. The summed E-state index contributed by atoms with van der Waals surface area (Å²) >= 11 is 1.75. The van der Waals surface area contributed by atoms with Gasteiger partial charge in [-0.15, -0.1) is 11.3 Å². The second-order valence-corrected chi connectivity index (χ2v) is 6.17. The van der Waals surface area contributed by atoms with Gasteiger partial charge in [-0.1, -0.05) is 24.3 Å². The highest BCUT2D eigenvalue weighted by Crippen LogP contribution is 2.19. The molecule has 2 heterocycles. The number of carbonyl (C=O) groups is 1. The molecule has 4 heteroatoms. The van der Waals surface area contributed by atoms with Crippen molar-refractivity contribution in [3.63, 3.8) is 0 Å². The molecule has 0 N–H and O–H groups in total. The van der Waals surface area contributed by atoms with Gasteiger partial charge >= 0.3 is 0 Å². The maximum absolute atomic E-state index is 12.3. The van der Waals surface area contributed by atoms with E-state index in [4.69, 9.17) is 4.42 Å². The quantitative estimate of drug-likeness (QED) is 0.648. The Balaban J connectivity index is 1.60. The molecule has 0 amide bonds. The van der Waals surface area contributed by atoms with Crippen LogP contribution in [0.25, 0.3) is 11.0 Å². The minimum absolute atomic E-state index is 0.0277. The maximum Gasteiger partial charge on any atom is 0.211 e. The number of nitrogens with zero attached hydrogens (tertiary/aromatic N) is 1. The third-order valence-electron chi connectivity index (χ3n) is 3.43. The van der Waals surface area contributed by atoms with Crippen molar-refractivity contribution in [2.75, 3.05) is 20.1 Å². The molecule has 0 fully saturated rings. The Hall–Kier alpha value is -1.91. The molecule has 0 saturated carbocycles. The lowest BCUT2D eigenvalue weighted by atomic mass is 10.2. The Bertz CT molecular complexity index is 697. The van der Waals surface area contributed by atoms with E-state index in [0.29, 0.717) is 12.3 Å². The molecule has 2 aromatic heterocycles. The standard InChI is InChI=1S/C17H17NO2S/c1-18(9-8-14-6-4-10-21-14)12-15(19)17-11-13-5-2-3-7-16(13)20-17/h2-7,10-11H,8-9,12H2,1H3. The van der Waals surface area contributed by atoms with Gasteiger partial charge in [0, 0.05) is 16.8 Å². The molecule has 0 aliphatic rings. The molecule has 108 valence electrons. The lowest BCUT2D eigenvalue weighted by Gasteiger charge is -2.14. The normalized spacial score (nSPS) is 11.3. The topological polar surface area (TPSA) is 33.5 Å². The van der Waals surface area contributed by atoms with Crippen LogP contribution in [-0.4, -0.2) is 30.8 Å². The number of fused-ring (bicyclic) bond motifs is 1. The van der Waals surface area contributed by atoms with E-state index >= 15 is 0 Å². The van der Waals surface area contributed by atoms with E-state index in [0.717, 1.165) is 23.9 Å². The highest BCUT2D eigenvalue weighted by atomic mass is 32.1. The molecular formula is C17H17NO2S. The first-order chi connectivity index (χ1) is 10.2. The summed E-state index contributed by atoms with van der Waals surface area (Å²) in [5, 5.41) is 3.05. The van der Waals surface area contributed by atoms with Crippen LogP contribution in [0, 0.1) is 0 Å². The Kier molecular flexibility index (Phi) is 4.18. The van der Waals surface area contributed by atoms with Crippen LogP contribution in [0.5, 0.6) is 0 Å². The van der Waals surface area contributed by atoms with Crippen LogP contribution in [0.2, 0.25) is 0 Å². The first-order valence-electron chi connectivity index (χ1n) is 6.95. The molecule has 0 aliphatic heterocycles. The zero-order chi connectivity index (χ0) is 14.7. The Morgan fingerprint density at radius 3 is 2.86 bits per heavy atom. The predicted octanol–water partition coefficient (Wildman–Crippen LogP) is 3.85. The van der Waals surface area contributed by atoms with Crippen molar-refractivity contribution in [3.8, 4) is 0 Å². The summed E-state index contributed by atoms with van der Waals surface area (Å²) in [5.74, 6) is 0.471. The minimum Gasteiger partial charge on any atom is -0.453 e. The number of carbonyl (C=O) groups excluding carboxylic acids is 1. The summed E-state index contributed by atoms with van der Waals surface area (Å²) in [4.78, 5) is 15.6. The van der Waals surface area contributed by atoms with Gasteiger partial charge in [0.1, 0.15) is 5.58 Å². The van der Waals surface area contributed by atoms with Gasteiger partial charge in [-0.3, -0.25) is 9.69 Å². The molecule has 0 bridgehead atoms. The molecular weight excluding hydrogens is 282 g/mol. The van der Waals surface area contributed by atoms with Crippen molar-refractivity contribution in [2.45, 2.75) is 6.42 Å². The van der Waals surface area contributed by atoms with Crippen molar-refractivity contribution in [2.24, 2.45) is 0 Å². The van der Waals surface area contributed by atoms with Crippen molar-refractivity contribution in [1.82, 2.24) is 4.90 Å². The summed E-state index contributed by atoms with van der Waals surface area (Å²) in [6.07, 6.45) is 0.974. The number of benzene rings is 1. The first-order valence-corrected chi connectivity index (χ1v) is 7.83. The fourth-order valence-electron chi connectivity index (χ4n) is 2.28. The Morgan fingerprint density at radius 2 is 2.10 bits per heavy atom. The van der Waals surface area contributed by atoms with Crippen LogP contribution < -0.4 is 0 Å². The number of Topliss-reactive ketones (excluding diaryl/α,β-unsaturated/α-hetero) is 1. The van der Waals surface area contributed by atoms with Gasteiger partial charge in [-0.25, -0.2) is 0 Å². The minimum atomic E-state index is 0.0277. The lowest BCUT2D eigenvalue weighted by molar-refractivity contribution is 0.0922. The molecule has 0 radical (unpaired) electrons. The number of likely N-dealkylation sites (N-methyl/N-ethyl adjacent to an activating group) is 1. The predicted molar refractivity (Wildman–Crippen MR) is 86.1 cm³/mol. The molecule has 0 atom stereocenters. The highest BCUT2D eigenvalue weighted by Gasteiger charge is 2.14. The van der Waals surface area contributed by atoms with Gasteiger partial charge in [-0.05, 0) is 37.0 Å². The van der Waals surface area contributed by atoms with Gasteiger partial charge in [0.15, 0.2) is 5.76 Å². The summed E-state index contributed by atoms with van der Waals surface area (Å²) in [7, 11) is 1.97. The molecule has 0 unspecified atom stereocenters. The van der Waals surface area contributed by atoms with Crippen LogP contribution in [0.15, 0.2) is 52.3 Å². The van der Waals surface area contributed by atoms with E-state index in [-0.39, 0.29) is 5.78 Å². The Morgan fingerprint density at radius 1 is 1.24 bits per heavy atom. The highest BCUT2D eigenvalue weighted by molar-refractivity contribution is 7.09. The molecule has 0 saturated heterocycles. The first kappa shape index (κ1) is 14.0. The van der Waals surface area contributed by atoms with E-state index in [1.54, 1.807) is 11.3 Å². The fraction of sp³-hybridized carbons (Fsp3) is 0.235. The van der Waals surface area contributed by atoms with Gasteiger partial charge in [-0.2, -0.15) is 0 Å².